The Morgan fingerprint density at radius 1 is 1.33 bits per heavy atom. The number of carbonyl (C=O) groups excluding carboxylic acids is 1. The van der Waals surface area contributed by atoms with Crippen LogP contribution in [-0.2, 0) is 4.79 Å². The minimum atomic E-state index is 0.0898. The van der Waals surface area contributed by atoms with Crippen LogP contribution >= 0.6 is 15.9 Å². The standard InChI is InChI=1S/C15H20BrNO/c1-11(13-6-8-14(16)9-7-13)17-15(18)10-12-4-2-3-5-12/h6-9,11-12H,2-5,10H2,1H3,(H,17,18). The van der Waals surface area contributed by atoms with Gasteiger partial charge >= 0.3 is 0 Å². The van der Waals surface area contributed by atoms with Crippen molar-refractivity contribution in [3.05, 3.63) is 34.3 Å². The molecule has 1 unspecified atom stereocenters. The summed E-state index contributed by atoms with van der Waals surface area (Å²) >= 11 is 3.42. The number of hydrogen-bond donors (Lipinski definition) is 1. The highest BCUT2D eigenvalue weighted by Gasteiger charge is 2.19. The third-order valence-electron chi connectivity index (χ3n) is 3.70. The monoisotopic (exact) mass is 309 g/mol. The van der Waals surface area contributed by atoms with Crippen LogP contribution in [-0.4, -0.2) is 5.91 Å². The van der Waals surface area contributed by atoms with Gasteiger partial charge in [-0.25, -0.2) is 0 Å². The molecule has 1 N–H and O–H groups in total. The summed E-state index contributed by atoms with van der Waals surface area (Å²) < 4.78 is 1.07. The molecule has 2 rings (SSSR count). The van der Waals surface area contributed by atoms with Crippen molar-refractivity contribution in [1.82, 2.24) is 5.32 Å². The second kappa shape index (κ2) is 6.37. The highest BCUT2D eigenvalue weighted by atomic mass is 79.9. The molecule has 0 bridgehead atoms. The number of benzene rings is 1. The van der Waals surface area contributed by atoms with E-state index in [0.29, 0.717) is 12.3 Å². The molecule has 98 valence electrons. The summed E-state index contributed by atoms with van der Waals surface area (Å²) in [6.45, 7) is 2.04. The molecule has 18 heavy (non-hydrogen) atoms. The maximum absolute atomic E-state index is 11.9. The van der Waals surface area contributed by atoms with Gasteiger partial charge in [0.25, 0.3) is 0 Å². The maximum atomic E-state index is 11.9. The Labute approximate surface area is 117 Å². The fraction of sp³-hybridized carbons (Fsp3) is 0.533. The van der Waals surface area contributed by atoms with Gasteiger partial charge in [0.2, 0.25) is 5.91 Å². The molecule has 0 aromatic heterocycles. The van der Waals surface area contributed by atoms with Gasteiger partial charge in [0.05, 0.1) is 6.04 Å². The van der Waals surface area contributed by atoms with Gasteiger partial charge in [-0.2, -0.15) is 0 Å². The SMILES string of the molecule is CC(NC(=O)CC1CCCC1)c1ccc(Br)cc1. The predicted molar refractivity (Wildman–Crippen MR) is 77.3 cm³/mol. The summed E-state index contributed by atoms with van der Waals surface area (Å²) in [4.78, 5) is 11.9. The van der Waals surface area contributed by atoms with Gasteiger partial charge in [-0.3, -0.25) is 4.79 Å². The average Bonchev–Trinajstić information content (AvgIpc) is 2.82. The molecule has 0 spiro atoms. The van der Waals surface area contributed by atoms with Gasteiger partial charge in [0, 0.05) is 10.9 Å². The molecule has 1 aliphatic carbocycles. The number of amides is 1. The van der Waals surface area contributed by atoms with Crippen LogP contribution in [0.2, 0.25) is 0 Å². The van der Waals surface area contributed by atoms with E-state index >= 15 is 0 Å². The van der Waals surface area contributed by atoms with Gasteiger partial charge < -0.3 is 5.32 Å². The van der Waals surface area contributed by atoms with Gasteiger partial charge in [-0.05, 0) is 43.4 Å². The van der Waals surface area contributed by atoms with Crippen LogP contribution in [0.4, 0.5) is 0 Å². The average molecular weight is 310 g/mol. The number of hydrogen-bond acceptors (Lipinski definition) is 1. The topological polar surface area (TPSA) is 29.1 Å². The molecule has 1 aromatic rings. The van der Waals surface area contributed by atoms with E-state index in [9.17, 15) is 4.79 Å². The minimum Gasteiger partial charge on any atom is -0.350 e. The van der Waals surface area contributed by atoms with E-state index in [4.69, 9.17) is 0 Å². The lowest BCUT2D eigenvalue weighted by Gasteiger charge is -2.16. The molecule has 0 aliphatic heterocycles. The Morgan fingerprint density at radius 2 is 1.94 bits per heavy atom. The number of rotatable bonds is 4. The predicted octanol–water partition coefficient (Wildman–Crippen LogP) is 4.21. The third-order valence-corrected chi connectivity index (χ3v) is 4.22. The molecular formula is C15H20BrNO. The fourth-order valence-corrected chi connectivity index (χ4v) is 2.88. The van der Waals surface area contributed by atoms with E-state index in [-0.39, 0.29) is 11.9 Å². The molecule has 1 saturated carbocycles. The summed E-state index contributed by atoms with van der Waals surface area (Å²) in [6, 6.07) is 8.20. The fourth-order valence-electron chi connectivity index (χ4n) is 2.61. The first-order valence-corrected chi connectivity index (χ1v) is 7.49. The zero-order valence-corrected chi connectivity index (χ0v) is 12.4. The Balaban J connectivity index is 1.84. The Hall–Kier alpha value is -0.830. The number of halogens is 1. The summed E-state index contributed by atoms with van der Waals surface area (Å²) in [6.07, 6.45) is 5.72. The molecule has 1 atom stereocenters. The Bertz CT molecular complexity index is 395. The summed E-state index contributed by atoms with van der Waals surface area (Å²) in [5, 5.41) is 3.09. The third kappa shape index (κ3) is 3.84. The molecule has 0 saturated heterocycles. The quantitative estimate of drug-likeness (QED) is 0.887. The van der Waals surface area contributed by atoms with Gasteiger partial charge in [0.15, 0.2) is 0 Å². The summed E-state index contributed by atoms with van der Waals surface area (Å²) in [5.41, 5.74) is 1.15. The lowest BCUT2D eigenvalue weighted by atomic mass is 10.0. The van der Waals surface area contributed by atoms with Crippen molar-refractivity contribution < 1.29 is 4.79 Å². The van der Waals surface area contributed by atoms with Crippen molar-refractivity contribution >= 4 is 21.8 Å². The molecule has 3 heteroatoms. The largest absolute Gasteiger partial charge is 0.350 e. The number of nitrogens with one attached hydrogen (secondary N) is 1. The van der Waals surface area contributed by atoms with E-state index in [1.54, 1.807) is 0 Å². The van der Waals surface area contributed by atoms with Crippen molar-refractivity contribution in [1.29, 1.82) is 0 Å². The van der Waals surface area contributed by atoms with Crippen molar-refractivity contribution in [2.75, 3.05) is 0 Å². The van der Waals surface area contributed by atoms with E-state index in [2.05, 4.69) is 21.2 Å². The van der Waals surface area contributed by atoms with Crippen molar-refractivity contribution in [3.8, 4) is 0 Å². The molecule has 1 aliphatic rings. The normalized spacial score (nSPS) is 17.7. The van der Waals surface area contributed by atoms with Crippen LogP contribution in [0, 0.1) is 5.92 Å². The van der Waals surface area contributed by atoms with Crippen molar-refractivity contribution in [3.63, 3.8) is 0 Å². The zero-order chi connectivity index (χ0) is 13.0. The first-order chi connectivity index (χ1) is 8.65. The van der Waals surface area contributed by atoms with Gasteiger partial charge in [-0.1, -0.05) is 40.9 Å². The molecule has 1 aromatic carbocycles. The lowest BCUT2D eigenvalue weighted by molar-refractivity contribution is -0.122. The Kier molecular flexibility index (Phi) is 4.81. The highest BCUT2D eigenvalue weighted by molar-refractivity contribution is 9.10. The second-order valence-corrected chi connectivity index (χ2v) is 6.11. The molecular weight excluding hydrogens is 290 g/mol. The molecule has 0 heterocycles. The molecule has 0 radical (unpaired) electrons. The van der Waals surface area contributed by atoms with Crippen LogP contribution in [0.3, 0.4) is 0 Å². The molecule has 1 fully saturated rings. The van der Waals surface area contributed by atoms with Gasteiger partial charge in [-0.15, -0.1) is 0 Å². The van der Waals surface area contributed by atoms with E-state index in [1.807, 2.05) is 31.2 Å². The molecule has 1 amide bonds. The number of carbonyl (C=O) groups is 1. The van der Waals surface area contributed by atoms with Crippen molar-refractivity contribution in [2.24, 2.45) is 5.92 Å². The van der Waals surface area contributed by atoms with E-state index in [0.717, 1.165) is 10.0 Å². The lowest BCUT2D eigenvalue weighted by Crippen LogP contribution is -2.27. The molecule has 2 nitrogen and oxygen atoms in total. The van der Waals surface area contributed by atoms with Crippen molar-refractivity contribution in [2.45, 2.75) is 45.1 Å². The summed E-state index contributed by atoms with van der Waals surface area (Å²) in [5.74, 6) is 0.805. The van der Waals surface area contributed by atoms with E-state index < -0.39 is 0 Å². The Morgan fingerprint density at radius 3 is 2.56 bits per heavy atom. The van der Waals surface area contributed by atoms with Crippen LogP contribution in [0.15, 0.2) is 28.7 Å². The van der Waals surface area contributed by atoms with Crippen LogP contribution in [0.1, 0.15) is 50.6 Å². The van der Waals surface area contributed by atoms with Crippen LogP contribution < -0.4 is 5.32 Å². The highest BCUT2D eigenvalue weighted by Crippen LogP contribution is 2.27. The van der Waals surface area contributed by atoms with Crippen LogP contribution in [0.5, 0.6) is 0 Å². The maximum Gasteiger partial charge on any atom is 0.220 e. The second-order valence-electron chi connectivity index (χ2n) is 5.20. The first kappa shape index (κ1) is 13.6. The zero-order valence-electron chi connectivity index (χ0n) is 10.8. The smallest absolute Gasteiger partial charge is 0.220 e. The van der Waals surface area contributed by atoms with Crippen LogP contribution in [0.25, 0.3) is 0 Å². The van der Waals surface area contributed by atoms with E-state index in [1.165, 1.54) is 25.7 Å². The minimum absolute atomic E-state index is 0.0898. The summed E-state index contributed by atoms with van der Waals surface area (Å²) in [7, 11) is 0. The van der Waals surface area contributed by atoms with Gasteiger partial charge in [0.1, 0.15) is 0 Å². The first-order valence-electron chi connectivity index (χ1n) is 6.70.